The summed E-state index contributed by atoms with van der Waals surface area (Å²) in [7, 11) is 1.30. The third-order valence-electron chi connectivity index (χ3n) is 6.89. The number of hydrogen-bond acceptors (Lipinski definition) is 6. The van der Waals surface area contributed by atoms with Crippen LogP contribution in [-0.2, 0) is 38.6 Å². The number of carbonyl (C=O) groups is 3. The van der Waals surface area contributed by atoms with Gasteiger partial charge in [0.05, 0.1) is 25.2 Å². The van der Waals surface area contributed by atoms with Gasteiger partial charge in [0, 0.05) is 19.4 Å². The predicted molar refractivity (Wildman–Crippen MR) is 160 cm³/mol. The highest BCUT2D eigenvalue weighted by Crippen LogP contribution is 2.18. The first-order valence-electron chi connectivity index (χ1n) is 14.2. The van der Waals surface area contributed by atoms with Crippen LogP contribution in [0.5, 0.6) is 5.75 Å². The maximum Gasteiger partial charge on any atom is 0.328 e. The Bertz CT molecular complexity index is 1310. The highest BCUT2D eigenvalue weighted by Gasteiger charge is 2.20. The molecular weight excluding hydrogens is 530 g/mol. The average Bonchev–Trinajstić information content (AvgIpc) is 3.01. The maximum atomic E-state index is 11.9. The predicted octanol–water partition coefficient (Wildman–Crippen LogP) is 5.04. The summed E-state index contributed by atoms with van der Waals surface area (Å²) in [5.41, 5.74) is 3.60. The summed E-state index contributed by atoms with van der Waals surface area (Å²) in [6.45, 7) is 1.87. The minimum Gasteiger partial charge on any atom is -0.489 e. The topological polar surface area (TPSA) is 118 Å². The van der Waals surface area contributed by atoms with Crippen LogP contribution < -0.4 is 15.4 Å². The van der Waals surface area contributed by atoms with Gasteiger partial charge < -0.3 is 20.1 Å². The van der Waals surface area contributed by atoms with Crippen LogP contribution in [0.25, 0.3) is 0 Å². The van der Waals surface area contributed by atoms with E-state index in [2.05, 4.69) is 16.7 Å². The van der Waals surface area contributed by atoms with Crippen molar-refractivity contribution < 1.29 is 23.9 Å². The van der Waals surface area contributed by atoms with Crippen molar-refractivity contribution in [3.05, 3.63) is 101 Å². The van der Waals surface area contributed by atoms with Gasteiger partial charge in [-0.15, -0.1) is 0 Å². The zero-order valence-electron chi connectivity index (χ0n) is 24.3. The number of nitrogens with zero attached hydrogens (tertiary/aromatic N) is 1. The Morgan fingerprint density at radius 3 is 2.12 bits per heavy atom. The van der Waals surface area contributed by atoms with Gasteiger partial charge in [-0.2, -0.15) is 5.26 Å². The number of benzene rings is 3. The standard InChI is InChI=1S/C19H21NO4.C15H18N2O/c1-14(21)20-18(19(22)23-2)12-15-8-10-17(11-9-15)24-13-16-6-4-3-5-7-16;16-11-13-8-6-12(7-9-13)10-15(18)17-14-4-2-1-3-5-14/h3-11,18H,12-13H2,1-2H3,(H,20,21);6-9,14H,1-5,10H2,(H,17,18). The van der Waals surface area contributed by atoms with E-state index in [1.165, 1.54) is 33.3 Å². The molecule has 0 aliphatic heterocycles. The van der Waals surface area contributed by atoms with Gasteiger partial charge in [-0.25, -0.2) is 4.79 Å². The number of rotatable bonds is 10. The van der Waals surface area contributed by atoms with Crippen molar-refractivity contribution in [2.75, 3.05) is 7.11 Å². The Morgan fingerprint density at radius 2 is 1.52 bits per heavy atom. The number of methoxy groups -OCH3 is 1. The van der Waals surface area contributed by atoms with Gasteiger partial charge in [-0.05, 0) is 53.8 Å². The molecule has 0 aromatic heterocycles. The molecule has 0 saturated heterocycles. The molecule has 3 aromatic rings. The summed E-state index contributed by atoms with van der Waals surface area (Å²) in [5.74, 6) is 0.103. The Balaban J connectivity index is 0.000000240. The van der Waals surface area contributed by atoms with E-state index in [0.29, 0.717) is 31.1 Å². The molecule has 0 spiro atoms. The third kappa shape index (κ3) is 11.5. The number of amides is 2. The Hall–Kier alpha value is -4.64. The number of ether oxygens (including phenoxy) is 2. The van der Waals surface area contributed by atoms with E-state index in [4.69, 9.17) is 14.7 Å². The lowest BCUT2D eigenvalue weighted by Gasteiger charge is -2.22. The molecule has 8 heteroatoms. The van der Waals surface area contributed by atoms with Gasteiger partial charge in [0.1, 0.15) is 18.4 Å². The second-order valence-electron chi connectivity index (χ2n) is 10.3. The normalized spacial score (nSPS) is 13.4. The van der Waals surface area contributed by atoms with E-state index in [-0.39, 0.29) is 11.8 Å². The molecule has 8 nitrogen and oxygen atoms in total. The van der Waals surface area contributed by atoms with E-state index in [0.717, 1.165) is 35.3 Å². The first kappa shape index (κ1) is 31.9. The van der Waals surface area contributed by atoms with Gasteiger partial charge in [-0.1, -0.05) is 73.9 Å². The number of hydrogen-bond donors (Lipinski definition) is 2. The lowest BCUT2D eigenvalue weighted by Crippen LogP contribution is -2.41. The molecule has 1 aliphatic carbocycles. The van der Waals surface area contributed by atoms with Crippen LogP contribution in [0.1, 0.15) is 61.3 Å². The van der Waals surface area contributed by atoms with E-state index in [1.807, 2.05) is 66.7 Å². The number of nitriles is 1. The Morgan fingerprint density at radius 1 is 0.881 bits per heavy atom. The van der Waals surface area contributed by atoms with Crippen LogP contribution in [0.3, 0.4) is 0 Å². The summed E-state index contributed by atoms with van der Waals surface area (Å²) in [6, 6.07) is 26.3. The van der Waals surface area contributed by atoms with Crippen LogP contribution in [0.2, 0.25) is 0 Å². The van der Waals surface area contributed by atoms with Crippen molar-refractivity contribution in [1.82, 2.24) is 10.6 Å². The second kappa shape index (κ2) is 17.2. The van der Waals surface area contributed by atoms with Crippen LogP contribution in [0.4, 0.5) is 0 Å². The summed E-state index contributed by atoms with van der Waals surface area (Å²) < 4.78 is 10.4. The summed E-state index contributed by atoms with van der Waals surface area (Å²) in [4.78, 5) is 34.8. The first-order chi connectivity index (χ1) is 20.4. The fourth-order valence-corrected chi connectivity index (χ4v) is 4.69. The monoisotopic (exact) mass is 569 g/mol. The molecule has 220 valence electrons. The van der Waals surface area contributed by atoms with Crippen LogP contribution in [-0.4, -0.2) is 37.0 Å². The molecule has 1 saturated carbocycles. The molecule has 3 aromatic carbocycles. The molecule has 42 heavy (non-hydrogen) atoms. The summed E-state index contributed by atoms with van der Waals surface area (Å²) >= 11 is 0. The fourth-order valence-electron chi connectivity index (χ4n) is 4.69. The van der Waals surface area contributed by atoms with Crippen LogP contribution in [0, 0.1) is 11.3 Å². The Labute approximate surface area is 248 Å². The van der Waals surface area contributed by atoms with E-state index < -0.39 is 12.0 Å². The number of carbonyl (C=O) groups excluding carboxylic acids is 3. The average molecular weight is 570 g/mol. The molecule has 4 rings (SSSR count). The number of nitrogens with one attached hydrogen (secondary N) is 2. The minimum atomic E-state index is -0.691. The molecule has 0 bridgehead atoms. The highest BCUT2D eigenvalue weighted by atomic mass is 16.5. The molecule has 1 fully saturated rings. The molecule has 0 heterocycles. The maximum absolute atomic E-state index is 11.9. The van der Waals surface area contributed by atoms with Gasteiger partial charge >= 0.3 is 5.97 Å². The van der Waals surface area contributed by atoms with Crippen molar-refractivity contribution >= 4 is 17.8 Å². The lowest BCUT2D eigenvalue weighted by molar-refractivity contribution is -0.144. The smallest absolute Gasteiger partial charge is 0.328 e. The van der Waals surface area contributed by atoms with Crippen LogP contribution in [0.15, 0.2) is 78.9 Å². The molecule has 1 unspecified atom stereocenters. The second-order valence-corrected chi connectivity index (χ2v) is 10.3. The third-order valence-corrected chi connectivity index (χ3v) is 6.89. The summed E-state index contributed by atoms with van der Waals surface area (Å²) in [5, 5.41) is 14.4. The van der Waals surface area contributed by atoms with Gasteiger partial charge in [-0.3, -0.25) is 9.59 Å². The molecule has 0 radical (unpaired) electrons. The SMILES string of the molecule is COC(=O)C(Cc1ccc(OCc2ccccc2)cc1)NC(C)=O.N#Cc1ccc(CC(=O)NC2CCCCC2)cc1. The molecule has 1 aliphatic rings. The highest BCUT2D eigenvalue weighted by molar-refractivity contribution is 5.83. The van der Waals surface area contributed by atoms with Crippen molar-refractivity contribution in [3.8, 4) is 11.8 Å². The summed E-state index contributed by atoms with van der Waals surface area (Å²) in [6.07, 6.45) is 6.73. The zero-order valence-corrected chi connectivity index (χ0v) is 24.3. The van der Waals surface area contributed by atoms with Crippen LogP contribution >= 0.6 is 0 Å². The van der Waals surface area contributed by atoms with Crippen molar-refractivity contribution in [2.24, 2.45) is 0 Å². The number of esters is 1. The van der Waals surface area contributed by atoms with E-state index in [9.17, 15) is 14.4 Å². The molecule has 2 N–H and O–H groups in total. The van der Waals surface area contributed by atoms with Crippen molar-refractivity contribution in [1.29, 1.82) is 5.26 Å². The minimum absolute atomic E-state index is 0.0895. The molecular formula is C34H39N3O5. The molecule has 1 atom stereocenters. The van der Waals surface area contributed by atoms with Crippen molar-refractivity contribution in [2.45, 2.75) is 70.6 Å². The zero-order chi connectivity index (χ0) is 30.2. The quantitative estimate of drug-likeness (QED) is 0.331. The van der Waals surface area contributed by atoms with Crippen molar-refractivity contribution in [3.63, 3.8) is 0 Å². The van der Waals surface area contributed by atoms with Gasteiger partial charge in [0.2, 0.25) is 11.8 Å². The lowest BCUT2D eigenvalue weighted by atomic mass is 9.95. The van der Waals surface area contributed by atoms with Gasteiger partial charge in [0.15, 0.2) is 0 Å². The first-order valence-corrected chi connectivity index (χ1v) is 14.2. The van der Waals surface area contributed by atoms with E-state index in [1.54, 1.807) is 12.1 Å². The largest absolute Gasteiger partial charge is 0.489 e. The Kier molecular flexibility index (Phi) is 13.1. The van der Waals surface area contributed by atoms with E-state index >= 15 is 0 Å². The fraction of sp³-hybridized carbons (Fsp3) is 0.353. The van der Waals surface area contributed by atoms with Gasteiger partial charge in [0.25, 0.3) is 0 Å². The molecule has 2 amide bonds.